The normalized spacial score (nSPS) is 10.6. The van der Waals surface area contributed by atoms with Crippen molar-refractivity contribution in [3.63, 3.8) is 0 Å². The third kappa shape index (κ3) is 2.27. The third-order valence-electron chi connectivity index (χ3n) is 3.19. The minimum atomic E-state index is 0.850. The Balaban J connectivity index is 2.10. The Morgan fingerprint density at radius 3 is 2.63 bits per heavy atom. The van der Waals surface area contributed by atoms with Crippen molar-refractivity contribution in [2.75, 3.05) is 5.32 Å². The zero-order chi connectivity index (χ0) is 13.2. The van der Waals surface area contributed by atoms with E-state index in [1.54, 1.807) is 6.33 Å². The van der Waals surface area contributed by atoms with Gasteiger partial charge < -0.3 is 5.32 Å². The van der Waals surface area contributed by atoms with Crippen LogP contribution in [0.25, 0.3) is 10.9 Å². The summed E-state index contributed by atoms with van der Waals surface area (Å²) in [5.74, 6) is 0.850. The van der Waals surface area contributed by atoms with Gasteiger partial charge in [-0.25, -0.2) is 9.97 Å². The van der Waals surface area contributed by atoms with E-state index in [1.807, 2.05) is 18.2 Å². The molecular weight excluding hydrogens is 234 g/mol. The lowest BCUT2D eigenvalue weighted by molar-refractivity contribution is 1.21. The van der Waals surface area contributed by atoms with Crippen molar-refractivity contribution in [2.45, 2.75) is 13.8 Å². The van der Waals surface area contributed by atoms with Crippen LogP contribution in [0.3, 0.4) is 0 Å². The number of benzene rings is 2. The Bertz CT molecular complexity index is 735. The van der Waals surface area contributed by atoms with Gasteiger partial charge in [0.25, 0.3) is 0 Å². The number of rotatable bonds is 2. The van der Waals surface area contributed by atoms with Crippen LogP contribution in [0, 0.1) is 13.8 Å². The van der Waals surface area contributed by atoms with E-state index in [4.69, 9.17) is 0 Å². The molecule has 2 aromatic carbocycles. The molecular formula is C16H15N3. The fourth-order valence-corrected chi connectivity index (χ4v) is 2.11. The van der Waals surface area contributed by atoms with Crippen molar-refractivity contribution in [1.82, 2.24) is 9.97 Å². The highest BCUT2D eigenvalue weighted by Gasteiger charge is 2.05. The van der Waals surface area contributed by atoms with Gasteiger partial charge in [-0.1, -0.05) is 29.8 Å². The summed E-state index contributed by atoms with van der Waals surface area (Å²) < 4.78 is 0. The number of para-hydroxylation sites is 1. The largest absolute Gasteiger partial charge is 0.339 e. The minimum absolute atomic E-state index is 0.850. The van der Waals surface area contributed by atoms with Crippen LogP contribution in [0.2, 0.25) is 0 Å². The number of nitrogens with one attached hydrogen (secondary N) is 1. The van der Waals surface area contributed by atoms with Crippen LogP contribution in [0.15, 0.2) is 48.8 Å². The molecule has 3 aromatic rings. The van der Waals surface area contributed by atoms with Crippen molar-refractivity contribution < 1.29 is 0 Å². The van der Waals surface area contributed by atoms with Gasteiger partial charge in [0.1, 0.15) is 12.1 Å². The number of aryl methyl sites for hydroxylation is 2. The average molecular weight is 249 g/mol. The molecule has 0 aliphatic heterocycles. The van der Waals surface area contributed by atoms with Gasteiger partial charge in [0.15, 0.2) is 0 Å². The first kappa shape index (κ1) is 11.7. The van der Waals surface area contributed by atoms with Crippen LogP contribution in [0.4, 0.5) is 11.5 Å². The first-order valence-corrected chi connectivity index (χ1v) is 6.28. The molecule has 0 fully saturated rings. The lowest BCUT2D eigenvalue weighted by Crippen LogP contribution is -1.97. The highest BCUT2D eigenvalue weighted by atomic mass is 15.0. The summed E-state index contributed by atoms with van der Waals surface area (Å²) in [5, 5.41) is 4.44. The summed E-state index contributed by atoms with van der Waals surface area (Å²) in [6.07, 6.45) is 1.60. The van der Waals surface area contributed by atoms with Crippen molar-refractivity contribution in [3.05, 3.63) is 59.9 Å². The van der Waals surface area contributed by atoms with Crippen LogP contribution >= 0.6 is 0 Å². The highest BCUT2D eigenvalue weighted by molar-refractivity contribution is 5.91. The quantitative estimate of drug-likeness (QED) is 0.746. The molecule has 0 aliphatic rings. The van der Waals surface area contributed by atoms with Crippen LogP contribution in [-0.2, 0) is 0 Å². The standard InChI is InChI=1S/C16H15N3/c1-11-7-8-15-13(9-11)16(18-10-17-15)19-14-6-4-3-5-12(14)2/h3-10H,1-2H3,(H,17,18,19). The number of aromatic nitrogens is 2. The lowest BCUT2D eigenvalue weighted by Gasteiger charge is -2.10. The van der Waals surface area contributed by atoms with Gasteiger partial charge in [0, 0.05) is 11.1 Å². The smallest absolute Gasteiger partial charge is 0.141 e. The molecule has 0 atom stereocenters. The van der Waals surface area contributed by atoms with E-state index in [0.717, 1.165) is 22.4 Å². The molecule has 1 aromatic heterocycles. The molecule has 3 heteroatoms. The van der Waals surface area contributed by atoms with Crippen LogP contribution in [-0.4, -0.2) is 9.97 Å². The molecule has 1 heterocycles. The Morgan fingerprint density at radius 1 is 0.947 bits per heavy atom. The van der Waals surface area contributed by atoms with E-state index in [1.165, 1.54) is 11.1 Å². The average Bonchev–Trinajstić information content (AvgIpc) is 2.42. The van der Waals surface area contributed by atoms with Crippen LogP contribution < -0.4 is 5.32 Å². The van der Waals surface area contributed by atoms with E-state index >= 15 is 0 Å². The Morgan fingerprint density at radius 2 is 1.79 bits per heavy atom. The summed E-state index contributed by atoms with van der Waals surface area (Å²) in [6, 6.07) is 14.4. The Labute approximate surface area is 112 Å². The Hall–Kier alpha value is -2.42. The van der Waals surface area contributed by atoms with Gasteiger partial charge in [-0.15, -0.1) is 0 Å². The monoisotopic (exact) mass is 249 g/mol. The van der Waals surface area contributed by atoms with E-state index in [2.05, 4.69) is 53.4 Å². The zero-order valence-corrected chi connectivity index (χ0v) is 11.0. The summed E-state index contributed by atoms with van der Waals surface area (Å²) in [5.41, 5.74) is 4.43. The van der Waals surface area contributed by atoms with E-state index < -0.39 is 0 Å². The molecule has 0 unspecified atom stereocenters. The molecule has 0 saturated heterocycles. The van der Waals surface area contributed by atoms with Crippen molar-refractivity contribution in [1.29, 1.82) is 0 Å². The molecule has 0 spiro atoms. The summed E-state index contributed by atoms with van der Waals surface area (Å²) in [6.45, 7) is 4.15. The molecule has 0 bridgehead atoms. The minimum Gasteiger partial charge on any atom is -0.339 e. The molecule has 0 aliphatic carbocycles. The molecule has 0 amide bonds. The number of anilines is 2. The fourth-order valence-electron chi connectivity index (χ4n) is 2.11. The molecule has 19 heavy (non-hydrogen) atoms. The first-order valence-electron chi connectivity index (χ1n) is 6.28. The van der Waals surface area contributed by atoms with Crippen molar-refractivity contribution in [2.24, 2.45) is 0 Å². The second-order valence-corrected chi connectivity index (χ2v) is 4.68. The fraction of sp³-hybridized carbons (Fsp3) is 0.125. The highest BCUT2D eigenvalue weighted by Crippen LogP contribution is 2.25. The molecule has 94 valence electrons. The molecule has 1 N–H and O–H groups in total. The predicted octanol–water partition coefficient (Wildman–Crippen LogP) is 3.99. The second kappa shape index (κ2) is 4.69. The lowest BCUT2D eigenvalue weighted by atomic mass is 10.1. The third-order valence-corrected chi connectivity index (χ3v) is 3.19. The number of hydrogen-bond donors (Lipinski definition) is 1. The predicted molar refractivity (Wildman–Crippen MR) is 78.7 cm³/mol. The second-order valence-electron chi connectivity index (χ2n) is 4.68. The van der Waals surface area contributed by atoms with Gasteiger partial charge in [0.2, 0.25) is 0 Å². The van der Waals surface area contributed by atoms with E-state index in [0.29, 0.717) is 0 Å². The van der Waals surface area contributed by atoms with Gasteiger partial charge >= 0.3 is 0 Å². The van der Waals surface area contributed by atoms with E-state index in [9.17, 15) is 0 Å². The van der Waals surface area contributed by atoms with Gasteiger partial charge in [-0.05, 0) is 37.6 Å². The van der Waals surface area contributed by atoms with Gasteiger partial charge in [0.05, 0.1) is 5.52 Å². The molecule has 3 nitrogen and oxygen atoms in total. The van der Waals surface area contributed by atoms with Crippen molar-refractivity contribution >= 4 is 22.4 Å². The van der Waals surface area contributed by atoms with Gasteiger partial charge in [-0.2, -0.15) is 0 Å². The maximum absolute atomic E-state index is 4.36. The topological polar surface area (TPSA) is 37.8 Å². The maximum Gasteiger partial charge on any atom is 0.141 e. The summed E-state index contributed by atoms with van der Waals surface area (Å²) in [4.78, 5) is 8.66. The molecule has 0 radical (unpaired) electrons. The number of hydrogen-bond acceptors (Lipinski definition) is 3. The van der Waals surface area contributed by atoms with Crippen LogP contribution in [0.5, 0.6) is 0 Å². The van der Waals surface area contributed by atoms with E-state index in [-0.39, 0.29) is 0 Å². The first-order chi connectivity index (χ1) is 9.24. The molecule has 0 saturated carbocycles. The maximum atomic E-state index is 4.36. The SMILES string of the molecule is Cc1ccc2ncnc(Nc3ccccc3C)c2c1. The van der Waals surface area contributed by atoms with Crippen molar-refractivity contribution in [3.8, 4) is 0 Å². The number of fused-ring (bicyclic) bond motifs is 1. The van der Waals surface area contributed by atoms with Crippen LogP contribution in [0.1, 0.15) is 11.1 Å². The zero-order valence-electron chi connectivity index (χ0n) is 11.0. The molecule has 3 rings (SSSR count). The Kier molecular flexibility index (Phi) is 2.88. The number of nitrogens with zero attached hydrogens (tertiary/aromatic N) is 2. The summed E-state index contributed by atoms with van der Waals surface area (Å²) >= 11 is 0. The van der Waals surface area contributed by atoms with Gasteiger partial charge in [-0.3, -0.25) is 0 Å². The summed E-state index contributed by atoms with van der Waals surface area (Å²) in [7, 11) is 0.